The highest BCUT2D eigenvalue weighted by Crippen LogP contribution is 2.28. The number of benzene rings is 2. The molecule has 1 N–H and O–H groups in total. The van der Waals surface area contributed by atoms with Gasteiger partial charge in [-0.15, -0.1) is 0 Å². The molecule has 116 valence electrons. The van der Waals surface area contributed by atoms with Crippen molar-refractivity contribution in [3.05, 3.63) is 57.6 Å². The quantitative estimate of drug-likeness (QED) is 0.850. The van der Waals surface area contributed by atoms with Crippen molar-refractivity contribution >= 4 is 34.8 Å². The molecule has 3 nitrogen and oxygen atoms in total. The Morgan fingerprint density at radius 1 is 1.14 bits per heavy atom. The van der Waals surface area contributed by atoms with E-state index in [9.17, 15) is 4.79 Å². The molecular formula is C17H17Cl2NO2. The first-order valence-corrected chi connectivity index (χ1v) is 7.62. The fourth-order valence-electron chi connectivity index (χ4n) is 2.00. The van der Waals surface area contributed by atoms with Gasteiger partial charge in [-0.2, -0.15) is 0 Å². The van der Waals surface area contributed by atoms with Crippen LogP contribution in [0, 0.1) is 13.8 Å². The van der Waals surface area contributed by atoms with Gasteiger partial charge in [0.1, 0.15) is 5.75 Å². The number of halogens is 2. The highest BCUT2D eigenvalue weighted by Gasteiger charge is 2.17. The number of nitrogens with one attached hydrogen (secondary N) is 1. The SMILES string of the molecule is Cc1ccc(NC(=O)[C@@H](C)Oc2cc(Cl)ccc2Cl)c(C)c1. The summed E-state index contributed by atoms with van der Waals surface area (Å²) in [6.07, 6.45) is -0.698. The number of rotatable bonds is 4. The predicted molar refractivity (Wildman–Crippen MR) is 91.1 cm³/mol. The van der Waals surface area contributed by atoms with E-state index < -0.39 is 6.10 Å². The van der Waals surface area contributed by atoms with Crippen LogP contribution in [0.4, 0.5) is 5.69 Å². The molecule has 0 bridgehead atoms. The summed E-state index contributed by atoms with van der Waals surface area (Å²) in [7, 11) is 0. The molecule has 0 aliphatic rings. The van der Waals surface area contributed by atoms with Gasteiger partial charge in [0.25, 0.3) is 5.91 Å². The van der Waals surface area contributed by atoms with Crippen molar-refractivity contribution < 1.29 is 9.53 Å². The zero-order valence-corrected chi connectivity index (χ0v) is 14.1. The summed E-state index contributed by atoms with van der Waals surface area (Å²) < 4.78 is 5.60. The number of ether oxygens (including phenoxy) is 1. The number of carbonyl (C=O) groups excluding carboxylic acids is 1. The minimum atomic E-state index is -0.698. The Balaban J connectivity index is 2.07. The van der Waals surface area contributed by atoms with Crippen LogP contribution in [0.25, 0.3) is 0 Å². The minimum Gasteiger partial charge on any atom is -0.479 e. The Morgan fingerprint density at radius 3 is 2.55 bits per heavy atom. The van der Waals surface area contributed by atoms with Crippen molar-refractivity contribution in [1.82, 2.24) is 0 Å². The molecule has 2 rings (SSSR count). The smallest absolute Gasteiger partial charge is 0.265 e. The Bertz CT molecular complexity index is 701. The maximum atomic E-state index is 12.2. The van der Waals surface area contributed by atoms with Crippen molar-refractivity contribution in [1.29, 1.82) is 0 Å². The molecule has 1 atom stereocenters. The summed E-state index contributed by atoms with van der Waals surface area (Å²) >= 11 is 11.9. The number of hydrogen-bond donors (Lipinski definition) is 1. The van der Waals surface area contributed by atoms with Crippen molar-refractivity contribution in [2.24, 2.45) is 0 Å². The van der Waals surface area contributed by atoms with Crippen LogP contribution in [-0.4, -0.2) is 12.0 Å². The zero-order chi connectivity index (χ0) is 16.3. The lowest BCUT2D eigenvalue weighted by Crippen LogP contribution is -2.30. The summed E-state index contributed by atoms with van der Waals surface area (Å²) in [6.45, 7) is 5.61. The summed E-state index contributed by atoms with van der Waals surface area (Å²) in [5.74, 6) is 0.139. The van der Waals surface area contributed by atoms with Crippen molar-refractivity contribution in [3.8, 4) is 5.75 Å². The standard InChI is InChI=1S/C17H17Cl2NO2/c1-10-4-7-15(11(2)8-10)20-17(21)12(3)22-16-9-13(18)5-6-14(16)19/h4-9,12H,1-3H3,(H,20,21)/t12-/m1/s1. The lowest BCUT2D eigenvalue weighted by Gasteiger charge is -2.17. The average molecular weight is 338 g/mol. The number of carbonyl (C=O) groups is 1. The van der Waals surface area contributed by atoms with Gasteiger partial charge in [0, 0.05) is 16.8 Å². The topological polar surface area (TPSA) is 38.3 Å². The van der Waals surface area contributed by atoms with Gasteiger partial charge in [0.05, 0.1) is 5.02 Å². The van der Waals surface area contributed by atoms with Gasteiger partial charge >= 0.3 is 0 Å². The molecule has 5 heteroatoms. The van der Waals surface area contributed by atoms with Gasteiger partial charge in [0.15, 0.2) is 6.10 Å². The maximum absolute atomic E-state index is 12.2. The molecule has 0 radical (unpaired) electrons. The van der Waals surface area contributed by atoms with Crippen LogP contribution in [0.3, 0.4) is 0 Å². The van der Waals surface area contributed by atoms with Gasteiger partial charge in [-0.1, -0.05) is 40.9 Å². The molecule has 0 saturated carbocycles. The number of hydrogen-bond acceptors (Lipinski definition) is 2. The third-order valence-corrected chi connectivity index (χ3v) is 3.75. The minimum absolute atomic E-state index is 0.247. The van der Waals surface area contributed by atoms with E-state index in [4.69, 9.17) is 27.9 Å². The highest BCUT2D eigenvalue weighted by atomic mass is 35.5. The monoisotopic (exact) mass is 337 g/mol. The first-order valence-electron chi connectivity index (χ1n) is 6.86. The number of anilines is 1. The van der Waals surface area contributed by atoms with Gasteiger partial charge < -0.3 is 10.1 Å². The van der Waals surface area contributed by atoms with Gasteiger partial charge in [0.2, 0.25) is 0 Å². The average Bonchev–Trinajstić information content (AvgIpc) is 2.45. The van der Waals surface area contributed by atoms with Crippen LogP contribution in [0.2, 0.25) is 10.0 Å². The second kappa shape index (κ2) is 7.03. The Hall–Kier alpha value is -1.71. The summed E-state index contributed by atoms with van der Waals surface area (Å²) in [4.78, 5) is 12.2. The van der Waals surface area contributed by atoms with E-state index in [0.717, 1.165) is 16.8 Å². The van der Waals surface area contributed by atoms with Crippen LogP contribution in [0.15, 0.2) is 36.4 Å². The maximum Gasteiger partial charge on any atom is 0.265 e. The van der Waals surface area contributed by atoms with Gasteiger partial charge in [-0.05, 0) is 44.5 Å². The van der Waals surface area contributed by atoms with Crippen molar-refractivity contribution in [3.63, 3.8) is 0 Å². The van der Waals surface area contributed by atoms with E-state index in [-0.39, 0.29) is 5.91 Å². The van der Waals surface area contributed by atoms with E-state index in [1.54, 1.807) is 25.1 Å². The lowest BCUT2D eigenvalue weighted by atomic mass is 10.1. The summed E-state index contributed by atoms with van der Waals surface area (Å²) in [5, 5.41) is 3.77. The summed E-state index contributed by atoms with van der Waals surface area (Å²) in [5.41, 5.74) is 2.91. The van der Waals surface area contributed by atoms with E-state index in [1.165, 1.54) is 0 Å². The van der Waals surface area contributed by atoms with Crippen LogP contribution in [0.5, 0.6) is 5.75 Å². The first-order chi connectivity index (χ1) is 10.4. The van der Waals surface area contributed by atoms with Crippen molar-refractivity contribution in [2.45, 2.75) is 26.9 Å². The molecule has 0 unspecified atom stereocenters. The van der Waals surface area contributed by atoms with Crippen LogP contribution >= 0.6 is 23.2 Å². The zero-order valence-electron chi connectivity index (χ0n) is 12.6. The van der Waals surface area contributed by atoms with Crippen LogP contribution in [-0.2, 0) is 4.79 Å². The molecule has 0 saturated heterocycles. The van der Waals surface area contributed by atoms with Crippen LogP contribution in [0.1, 0.15) is 18.1 Å². The van der Waals surface area contributed by atoms with E-state index >= 15 is 0 Å². The number of aryl methyl sites for hydroxylation is 2. The van der Waals surface area contributed by atoms with Gasteiger partial charge in [-0.25, -0.2) is 0 Å². The molecule has 0 aliphatic carbocycles. The molecule has 0 aromatic heterocycles. The van der Waals surface area contributed by atoms with E-state index in [0.29, 0.717) is 15.8 Å². The molecule has 1 amide bonds. The molecule has 0 fully saturated rings. The third-order valence-electron chi connectivity index (χ3n) is 3.21. The number of amides is 1. The molecule has 0 aliphatic heterocycles. The molecule has 2 aromatic rings. The van der Waals surface area contributed by atoms with E-state index in [2.05, 4.69) is 5.32 Å². The fourth-order valence-corrected chi connectivity index (χ4v) is 2.32. The molecule has 2 aromatic carbocycles. The van der Waals surface area contributed by atoms with Crippen molar-refractivity contribution in [2.75, 3.05) is 5.32 Å². The first kappa shape index (κ1) is 16.7. The predicted octanol–water partition coefficient (Wildman–Crippen LogP) is 5.02. The molecule has 0 spiro atoms. The fraction of sp³-hybridized carbons (Fsp3) is 0.235. The second-order valence-electron chi connectivity index (χ2n) is 5.14. The normalized spacial score (nSPS) is 11.9. The van der Waals surface area contributed by atoms with Crippen LogP contribution < -0.4 is 10.1 Å². The van der Waals surface area contributed by atoms with E-state index in [1.807, 2.05) is 32.0 Å². The largest absolute Gasteiger partial charge is 0.479 e. The molecule has 0 heterocycles. The Morgan fingerprint density at radius 2 is 1.86 bits per heavy atom. The molecular weight excluding hydrogens is 321 g/mol. The van der Waals surface area contributed by atoms with Gasteiger partial charge in [-0.3, -0.25) is 4.79 Å². The Kier molecular flexibility index (Phi) is 5.33. The summed E-state index contributed by atoms with van der Waals surface area (Å²) in [6, 6.07) is 10.7. The third kappa shape index (κ3) is 4.15. The highest BCUT2D eigenvalue weighted by molar-refractivity contribution is 6.34. The second-order valence-corrected chi connectivity index (χ2v) is 5.99. The Labute approximate surface area is 140 Å². The lowest BCUT2D eigenvalue weighted by molar-refractivity contribution is -0.122. The molecule has 22 heavy (non-hydrogen) atoms.